The second kappa shape index (κ2) is 9.84. The van der Waals surface area contributed by atoms with Crippen LogP contribution in [0.3, 0.4) is 0 Å². The number of anilines is 1. The van der Waals surface area contributed by atoms with Crippen molar-refractivity contribution in [3.8, 4) is 22.9 Å². The predicted molar refractivity (Wildman–Crippen MR) is 147 cm³/mol. The predicted octanol–water partition coefficient (Wildman–Crippen LogP) is 5.76. The smallest absolute Gasteiger partial charge is 0.416 e. The zero-order valence-electron chi connectivity index (χ0n) is 22.3. The second-order valence-corrected chi connectivity index (χ2v) is 12.2. The largest absolute Gasteiger partial charge is 0.508 e. The molecule has 218 valence electrons. The van der Waals surface area contributed by atoms with E-state index in [0.717, 1.165) is 63.7 Å². The summed E-state index contributed by atoms with van der Waals surface area (Å²) in [6, 6.07) is 4.52. The summed E-state index contributed by atoms with van der Waals surface area (Å²) in [4.78, 5) is 13.8. The van der Waals surface area contributed by atoms with Gasteiger partial charge in [0.1, 0.15) is 23.7 Å². The number of piperazine rings is 1. The number of phenols is 1. The minimum Gasteiger partial charge on any atom is -0.508 e. The molecule has 3 aromatic rings. The molecule has 7 rings (SSSR count). The minimum atomic E-state index is -4.74. The van der Waals surface area contributed by atoms with Crippen LogP contribution >= 0.6 is 11.6 Å². The fraction of sp³-hybridized carbons (Fsp3) is 0.517. The number of fused-ring (bicyclic) bond motifs is 4. The van der Waals surface area contributed by atoms with Gasteiger partial charge < -0.3 is 20.1 Å². The highest BCUT2D eigenvalue weighted by atomic mass is 35.5. The lowest BCUT2D eigenvalue weighted by Crippen LogP contribution is -2.51. The number of halogens is 5. The van der Waals surface area contributed by atoms with Gasteiger partial charge in [0.25, 0.3) is 0 Å². The monoisotopic (exact) mass is 591 g/mol. The number of hydrogen-bond donors (Lipinski definition) is 2. The quantitative estimate of drug-likeness (QED) is 0.366. The Morgan fingerprint density at radius 3 is 2.44 bits per heavy atom. The first-order valence-corrected chi connectivity index (χ1v) is 14.5. The maximum absolute atomic E-state index is 16.4. The van der Waals surface area contributed by atoms with Crippen molar-refractivity contribution in [2.75, 3.05) is 37.7 Å². The number of aromatic hydroxyl groups is 1. The van der Waals surface area contributed by atoms with Crippen LogP contribution < -0.4 is 15.0 Å². The van der Waals surface area contributed by atoms with E-state index in [1.165, 1.54) is 6.07 Å². The van der Waals surface area contributed by atoms with E-state index in [2.05, 4.69) is 20.1 Å². The first-order valence-electron chi connectivity index (χ1n) is 14.1. The molecule has 4 aliphatic heterocycles. The van der Waals surface area contributed by atoms with Crippen LogP contribution in [-0.4, -0.2) is 70.4 Å². The summed E-state index contributed by atoms with van der Waals surface area (Å²) < 4.78 is 63.2. The van der Waals surface area contributed by atoms with Crippen molar-refractivity contribution in [2.24, 2.45) is 0 Å². The highest BCUT2D eigenvalue weighted by molar-refractivity contribution is 6.34. The SMILES string of the molecule is Oc1cc(-c2c(Cl)cc3c(N4CC5CCC(C4)N5)nc(OCC45CCCN4CCC5)nc3c2F)cc(C(F)(F)F)c1. The molecule has 4 saturated heterocycles. The molecule has 4 aliphatic rings. The summed E-state index contributed by atoms with van der Waals surface area (Å²) in [5, 5.41) is 13.9. The number of alkyl halides is 3. The molecule has 2 aromatic carbocycles. The summed E-state index contributed by atoms with van der Waals surface area (Å²) in [5.74, 6) is -1.04. The van der Waals surface area contributed by atoms with Gasteiger partial charge in [-0.25, -0.2) is 4.39 Å². The van der Waals surface area contributed by atoms with E-state index in [9.17, 15) is 18.3 Å². The van der Waals surface area contributed by atoms with E-state index >= 15 is 4.39 Å². The molecule has 5 heterocycles. The summed E-state index contributed by atoms with van der Waals surface area (Å²) >= 11 is 6.56. The van der Waals surface area contributed by atoms with Crippen molar-refractivity contribution in [1.29, 1.82) is 0 Å². The molecule has 0 saturated carbocycles. The summed E-state index contributed by atoms with van der Waals surface area (Å²) in [6.45, 7) is 3.77. The van der Waals surface area contributed by atoms with Gasteiger partial charge in [-0.05, 0) is 81.4 Å². The lowest BCUT2D eigenvalue weighted by Gasteiger charge is -2.35. The molecule has 4 fully saturated rings. The molecular formula is C29H30ClF4N5O2. The van der Waals surface area contributed by atoms with Gasteiger partial charge in [0.15, 0.2) is 5.82 Å². The van der Waals surface area contributed by atoms with Crippen LogP contribution in [0.4, 0.5) is 23.4 Å². The van der Waals surface area contributed by atoms with Crippen LogP contribution in [-0.2, 0) is 6.18 Å². The van der Waals surface area contributed by atoms with Crippen LogP contribution in [0.25, 0.3) is 22.0 Å². The molecule has 2 bridgehead atoms. The maximum atomic E-state index is 16.4. The lowest BCUT2D eigenvalue weighted by molar-refractivity contribution is -0.137. The zero-order valence-corrected chi connectivity index (χ0v) is 23.0. The van der Waals surface area contributed by atoms with Crippen molar-refractivity contribution in [2.45, 2.75) is 62.3 Å². The highest BCUT2D eigenvalue weighted by Gasteiger charge is 2.45. The number of nitrogens with one attached hydrogen (secondary N) is 1. The molecule has 2 N–H and O–H groups in total. The number of benzene rings is 2. The Balaban J connectivity index is 1.35. The van der Waals surface area contributed by atoms with Crippen LogP contribution in [0.2, 0.25) is 5.02 Å². The van der Waals surface area contributed by atoms with Crippen molar-refractivity contribution in [3.63, 3.8) is 0 Å². The Bertz CT molecular complexity index is 1500. The molecule has 41 heavy (non-hydrogen) atoms. The molecular weight excluding hydrogens is 562 g/mol. The summed E-state index contributed by atoms with van der Waals surface area (Å²) in [7, 11) is 0. The molecule has 2 unspecified atom stereocenters. The van der Waals surface area contributed by atoms with Crippen molar-refractivity contribution in [3.05, 3.63) is 40.7 Å². The van der Waals surface area contributed by atoms with E-state index in [-0.39, 0.29) is 45.3 Å². The third kappa shape index (κ3) is 4.75. The molecule has 12 heteroatoms. The fourth-order valence-corrected chi connectivity index (χ4v) is 7.58. The standard InChI is InChI=1S/C29H30ClF4N5O2/c30-22-12-21-25(24(31)23(22)16-9-17(29(32,33)34)11-20(40)10-16)36-27(41-15-28-5-1-7-39(28)8-2-6-28)37-26(21)38-13-18-3-4-19(14-38)35-18/h9-12,18-19,35,40H,1-8,13-15H2. The number of hydrogen-bond acceptors (Lipinski definition) is 7. The molecule has 0 spiro atoms. The molecule has 1 aromatic heterocycles. The first-order chi connectivity index (χ1) is 19.6. The molecule has 0 radical (unpaired) electrons. The first kappa shape index (κ1) is 27.0. The lowest BCUT2D eigenvalue weighted by atomic mass is 9.95. The maximum Gasteiger partial charge on any atom is 0.416 e. The number of nitrogens with zero attached hydrogens (tertiary/aromatic N) is 4. The third-order valence-corrected chi connectivity index (χ3v) is 9.47. The van der Waals surface area contributed by atoms with Crippen LogP contribution in [0, 0.1) is 5.82 Å². The summed E-state index contributed by atoms with van der Waals surface area (Å²) in [5.41, 5.74) is -1.74. The Labute approximate surface area is 239 Å². The van der Waals surface area contributed by atoms with Gasteiger partial charge in [-0.3, -0.25) is 4.90 Å². The molecule has 2 atom stereocenters. The third-order valence-electron chi connectivity index (χ3n) is 9.17. The van der Waals surface area contributed by atoms with Gasteiger partial charge in [0.2, 0.25) is 0 Å². The minimum absolute atomic E-state index is 0.0329. The van der Waals surface area contributed by atoms with E-state index in [1.54, 1.807) is 0 Å². The Kier molecular flexibility index (Phi) is 6.48. The van der Waals surface area contributed by atoms with Crippen LogP contribution in [0.1, 0.15) is 44.1 Å². The topological polar surface area (TPSA) is 73.8 Å². The Morgan fingerprint density at radius 2 is 1.76 bits per heavy atom. The fourth-order valence-electron chi connectivity index (χ4n) is 7.28. The van der Waals surface area contributed by atoms with Crippen LogP contribution in [0.5, 0.6) is 11.8 Å². The van der Waals surface area contributed by atoms with Crippen LogP contribution in [0.15, 0.2) is 24.3 Å². The highest BCUT2D eigenvalue weighted by Crippen LogP contribution is 2.43. The number of aromatic nitrogens is 2. The molecule has 0 aliphatic carbocycles. The van der Waals surface area contributed by atoms with Crippen molar-refractivity contribution in [1.82, 2.24) is 20.2 Å². The second-order valence-electron chi connectivity index (χ2n) is 11.8. The average Bonchev–Trinajstić information content (AvgIpc) is 3.60. The Morgan fingerprint density at radius 1 is 1.05 bits per heavy atom. The van der Waals surface area contributed by atoms with E-state index < -0.39 is 23.3 Å². The number of rotatable bonds is 5. The average molecular weight is 592 g/mol. The van der Waals surface area contributed by atoms with Gasteiger partial charge >= 0.3 is 12.2 Å². The summed E-state index contributed by atoms with van der Waals surface area (Å²) in [6.07, 6.45) is 1.55. The van der Waals surface area contributed by atoms with Crippen molar-refractivity contribution < 1.29 is 27.4 Å². The van der Waals surface area contributed by atoms with E-state index in [0.29, 0.717) is 37.0 Å². The van der Waals surface area contributed by atoms with Gasteiger partial charge in [-0.1, -0.05) is 11.6 Å². The zero-order chi connectivity index (χ0) is 28.5. The van der Waals surface area contributed by atoms with Gasteiger partial charge in [-0.15, -0.1) is 0 Å². The van der Waals surface area contributed by atoms with Gasteiger partial charge in [0.05, 0.1) is 16.1 Å². The number of phenolic OH excluding ortho intramolecular Hbond substituents is 1. The number of ether oxygens (including phenoxy) is 1. The molecule has 7 nitrogen and oxygen atoms in total. The van der Waals surface area contributed by atoms with Gasteiger partial charge in [0, 0.05) is 36.1 Å². The van der Waals surface area contributed by atoms with E-state index in [1.807, 2.05) is 0 Å². The Hall–Kier alpha value is -2.89. The normalized spacial score (nSPS) is 23.9. The molecule has 0 amide bonds. The van der Waals surface area contributed by atoms with Crippen molar-refractivity contribution >= 4 is 28.3 Å². The van der Waals surface area contributed by atoms with E-state index in [4.69, 9.17) is 21.3 Å². The van der Waals surface area contributed by atoms with Gasteiger partial charge in [-0.2, -0.15) is 23.1 Å².